The predicted molar refractivity (Wildman–Crippen MR) is 112 cm³/mol. The van der Waals surface area contributed by atoms with Crippen molar-refractivity contribution in [3.63, 3.8) is 0 Å². The fourth-order valence-electron chi connectivity index (χ4n) is 1.84. The first-order valence-corrected chi connectivity index (χ1v) is 9.14. The topological polar surface area (TPSA) is 36.4 Å². The average molecular weight is 476 g/mol. The molecule has 0 amide bonds. The molecule has 3 nitrogen and oxygen atoms in total. The number of halogens is 3. The Kier molecular flexibility index (Phi) is 12.6. The van der Waals surface area contributed by atoms with Gasteiger partial charge in [0.2, 0.25) is 0 Å². The van der Waals surface area contributed by atoms with Gasteiger partial charge in [-0.05, 0) is 49.5 Å². The number of hydrogen-bond acceptors (Lipinski definition) is 2. The molecular formula is C15H24Cl2IN3S. The van der Waals surface area contributed by atoms with Gasteiger partial charge >= 0.3 is 0 Å². The van der Waals surface area contributed by atoms with Crippen molar-refractivity contribution in [1.29, 1.82) is 0 Å². The van der Waals surface area contributed by atoms with Crippen molar-refractivity contribution in [2.45, 2.75) is 25.8 Å². The molecule has 1 atom stereocenters. The highest BCUT2D eigenvalue weighted by atomic mass is 127. The molecule has 0 saturated heterocycles. The molecule has 0 saturated carbocycles. The Morgan fingerprint density at radius 1 is 1.27 bits per heavy atom. The molecule has 22 heavy (non-hydrogen) atoms. The molecule has 0 radical (unpaired) electrons. The zero-order valence-corrected chi connectivity index (χ0v) is 17.8. The summed E-state index contributed by atoms with van der Waals surface area (Å²) in [7, 11) is 1.78. The monoisotopic (exact) mass is 475 g/mol. The molecule has 1 unspecified atom stereocenters. The molecule has 0 fully saturated rings. The van der Waals surface area contributed by atoms with Crippen LogP contribution in [0.4, 0.5) is 0 Å². The number of guanidine groups is 1. The maximum absolute atomic E-state index is 6.05. The van der Waals surface area contributed by atoms with Crippen molar-refractivity contribution < 1.29 is 0 Å². The van der Waals surface area contributed by atoms with Crippen LogP contribution < -0.4 is 10.6 Å². The highest BCUT2D eigenvalue weighted by molar-refractivity contribution is 14.0. The number of thioether (sulfide) groups is 1. The number of nitrogens with zero attached hydrogens (tertiary/aromatic N) is 1. The van der Waals surface area contributed by atoms with Gasteiger partial charge in [0.25, 0.3) is 0 Å². The zero-order chi connectivity index (χ0) is 15.7. The molecule has 0 spiro atoms. The molecule has 0 aliphatic carbocycles. The Hall–Kier alpha value is 0.150. The highest BCUT2D eigenvalue weighted by Gasteiger charge is 2.09. The highest BCUT2D eigenvalue weighted by Crippen LogP contribution is 2.25. The van der Waals surface area contributed by atoms with E-state index in [0.29, 0.717) is 10.0 Å². The van der Waals surface area contributed by atoms with Crippen LogP contribution in [0.1, 0.15) is 31.4 Å². The second-order valence-electron chi connectivity index (χ2n) is 4.74. The van der Waals surface area contributed by atoms with Gasteiger partial charge in [-0.3, -0.25) is 4.99 Å². The fourth-order valence-corrected chi connectivity index (χ4v) is 2.64. The third-order valence-electron chi connectivity index (χ3n) is 3.09. The van der Waals surface area contributed by atoms with Crippen molar-refractivity contribution in [2.24, 2.45) is 4.99 Å². The van der Waals surface area contributed by atoms with Crippen molar-refractivity contribution in [2.75, 3.05) is 25.6 Å². The lowest BCUT2D eigenvalue weighted by molar-refractivity contribution is 0.672. The first-order valence-electron chi connectivity index (χ1n) is 6.99. The lowest BCUT2D eigenvalue weighted by Crippen LogP contribution is -2.39. The molecule has 0 aliphatic rings. The summed E-state index contributed by atoms with van der Waals surface area (Å²) in [6.45, 7) is 2.99. The minimum Gasteiger partial charge on any atom is -0.356 e. The Labute approximate surface area is 165 Å². The first kappa shape index (κ1) is 22.1. The second-order valence-corrected chi connectivity index (χ2v) is 6.54. The molecular weight excluding hydrogens is 452 g/mol. The molecule has 126 valence electrons. The van der Waals surface area contributed by atoms with Crippen LogP contribution in [0.3, 0.4) is 0 Å². The maximum Gasteiger partial charge on any atom is 0.191 e. The third-order valence-corrected chi connectivity index (χ3v) is 4.52. The Morgan fingerprint density at radius 2 is 2.00 bits per heavy atom. The van der Waals surface area contributed by atoms with Gasteiger partial charge in [0, 0.05) is 13.6 Å². The number of benzene rings is 1. The van der Waals surface area contributed by atoms with Crippen molar-refractivity contribution in [3.8, 4) is 0 Å². The fraction of sp³-hybridized carbons (Fsp3) is 0.533. The van der Waals surface area contributed by atoms with Crippen LogP contribution in [0.2, 0.25) is 10.0 Å². The van der Waals surface area contributed by atoms with Crippen LogP contribution >= 0.6 is 58.9 Å². The molecule has 1 aromatic carbocycles. The van der Waals surface area contributed by atoms with Gasteiger partial charge in [-0.1, -0.05) is 29.3 Å². The summed E-state index contributed by atoms with van der Waals surface area (Å²) in [5.41, 5.74) is 1.08. The molecule has 0 heterocycles. The standard InChI is InChI=1S/C15H23Cl2N3S.HI/c1-11(12-6-7-13(16)14(17)10-12)20-15(18-2)19-8-4-5-9-21-3;/h6-7,10-11H,4-5,8-9H2,1-3H3,(H2,18,19,20);1H. The summed E-state index contributed by atoms with van der Waals surface area (Å²) in [5, 5.41) is 7.82. The quantitative estimate of drug-likeness (QED) is 0.252. The molecule has 2 N–H and O–H groups in total. The predicted octanol–water partition coefficient (Wildman–Crippen LogP) is 4.98. The maximum atomic E-state index is 6.05. The van der Waals surface area contributed by atoms with Crippen molar-refractivity contribution in [1.82, 2.24) is 10.6 Å². The summed E-state index contributed by atoms with van der Waals surface area (Å²) >= 11 is 13.9. The zero-order valence-electron chi connectivity index (χ0n) is 13.2. The van der Waals surface area contributed by atoms with E-state index in [2.05, 4.69) is 28.8 Å². The van der Waals surface area contributed by atoms with E-state index in [4.69, 9.17) is 23.2 Å². The van der Waals surface area contributed by atoms with E-state index in [1.165, 1.54) is 12.2 Å². The van der Waals surface area contributed by atoms with E-state index in [-0.39, 0.29) is 30.0 Å². The van der Waals surface area contributed by atoms with Gasteiger partial charge in [-0.15, -0.1) is 24.0 Å². The van der Waals surface area contributed by atoms with E-state index in [9.17, 15) is 0 Å². The number of nitrogens with one attached hydrogen (secondary N) is 2. The number of hydrogen-bond donors (Lipinski definition) is 2. The van der Waals surface area contributed by atoms with Gasteiger partial charge in [0.05, 0.1) is 16.1 Å². The average Bonchev–Trinajstić information content (AvgIpc) is 2.48. The second kappa shape index (κ2) is 12.6. The van der Waals surface area contributed by atoms with Crippen LogP contribution in [-0.4, -0.2) is 31.6 Å². The van der Waals surface area contributed by atoms with Crippen LogP contribution in [0.5, 0.6) is 0 Å². The largest absolute Gasteiger partial charge is 0.356 e. The van der Waals surface area contributed by atoms with E-state index in [1.54, 1.807) is 7.05 Å². The van der Waals surface area contributed by atoms with Crippen LogP contribution in [0, 0.1) is 0 Å². The Balaban J connectivity index is 0.00000441. The summed E-state index contributed by atoms with van der Waals surface area (Å²) in [6, 6.07) is 5.78. The third kappa shape index (κ3) is 8.13. The smallest absolute Gasteiger partial charge is 0.191 e. The van der Waals surface area contributed by atoms with Gasteiger partial charge in [0.15, 0.2) is 5.96 Å². The normalized spacial score (nSPS) is 12.5. The first-order chi connectivity index (χ1) is 10.1. The molecule has 0 aliphatic heterocycles. The Bertz CT molecular complexity index is 472. The summed E-state index contributed by atoms with van der Waals surface area (Å²) < 4.78 is 0. The van der Waals surface area contributed by atoms with Gasteiger partial charge in [-0.25, -0.2) is 0 Å². The van der Waals surface area contributed by atoms with E-state index in [1.807, 2.05) is 30.0 Å². The van der Waals surface area contributed by atoms with Gasteiger partial charge in [-0.2, -0.15) is 11.8 Å². The van der Waals surface area contributed by atoms with Crippen molar-refractivity contribution in [3.05, 3.63) is 33.8 Å². The lowest BCUT2D eigenvalue weighted by Gasteiger charge is -2.18. The minimum atomic E-state index is 0. The summed E-state index contributed by atoms with van der Waals surface area (Å²) in [4.78, 5) is 4.24. The molecule has 0 bridgehead atoms. The van der Waals surface area contributed by atoms with Crippen LogP contribution in [0.25, 0.3) is 0 Å². The lowest BCUT2D eigenvalue weighted by atomic mass is 10.1. The van der Waals surface area contributed by atoms with Crippen molar-refractivity contribution >= 4 is 64.9 Å². The van der Waals surface area contributed by atoms with E-state index in [0.717, 1.165) is 24.5 Å². The SMILES string of the molecule is CN=C(NCCCCSC)NC(C)c1ccc(Cl)c(Cl)c1.I. The Morgan fingerprint density at radius 3 is 2.59 bits per heavy atom. The summed E-state index contributed by atoms with van der Waals surface area (Å²) in [5.74, 6) is 2.01. The molecule has 0 aromatic heterocycles. The van der Waals surface area contributed by atoms with E-state index >= 15 is 0 Å². The van der Waals surface area contributed by atoms with Crippen LogP contribution in [0.15, 0.2) is 23.2 Å². The van der Waals surface area contributed by atoms with Gasteiger partial charge in [0.1, 0.15) is 0 Å². The minimum absolute atomic E-state index is 0. The number of rotatable bonds is 7. The number of aliphatic imine (C=N–C) groups is 1. The van der Waals surface area contributed by atoms with Crippen LogP contribution in [-0.2, 0) is 0 Å². The molecule has 1 rings (SSSR count). The van der Waals surface area contributed by atoms with Gasteiger partial charge < -0.3 is 10.6 Å². The molecule has 7 heteroatoms. The number of unbranched alkanes of at least 4 members (excludes halogenated alkanes) is 1. The molecule has 1 aromatic rings. The van der Waals surface area contributed by atoms with E-state index < -0.39 is 0 Å². The summed E-state index contributed by atoms with van der Waals surface area (Å²) in [6.07, 6.45) is 4.49.